The zero-order chi connectivity index (χ0) is 19.5. The quantitative estimate of drug-likeness (QED) is 0.713. The van der Waals surface area contributed by atoms with E-state index >= 15 is 0 Å². The van der Waals surface area contributed by atoms with E-state index in [4.69, 9.17) is 11.6 Å². The van der Waals surface area contributed by atoms with E-state index in [-0.39, 0.29) is 11.5 Å². The van der Waals surface area contributed by atoms with Crippen LogP contribution in [-0.4, -0.2) is 22.0 Å². The Bertz CT molecular complexity index is 1150. The average Bonchev–Trinajstić information content (AvgIpc) is 3.18. The molecule has 28 heavy (non-hydrogen) atoms. The fourth-order valence-electron chi connectivity index (χ4n) is 4.40. The zero-order valence-electron chi connectivity index (χ0n) is 14.7. The Kier molecular flexibility index (Phi) is 3.58. The molecular formula is C22H15ClN2O3. The van der Waals surface area contributed by atoms with E-state index in [1.165, 1.54) is 0 Å². The van der Waals surface area contributed by atoms with Crippen LogP contribution in [0.4, 0.5) is 11.5 Å². The predicted molar refractivity (Wildman–Crippen MR) is 105 cm³/mol. The van der Waals surface area contributed by atoms with Gasteiger partial charge in [0.15, 0.2) is 0 Å². The number of hydrogen-bond donors (Lipinski definition) is 1. The number of rotatable bonds is 2. The number of anilines is 2. The normalized spacial score (nSPS) is 19.8. The highest BCUT2D eigenvalue weighted by molar-refractivity contribution is 6.31. The first-order valence-electron chi connectivity index (χ1n) is 8.90. The Morgan fingerprint density at radius 1 is 1.07 bits per heavy atom. The van der Waals surface area contributed by atoms with Crippen LogP contribution in [0.15, 0.2) is 60.8 Å². The van der Waals surface area contributed by atoms with Gasteiger partial charge in [0.1, 0.15) is 5.82 Å². The van der Waals surface area contributed by atoms with Crippen molar-refractivity contribution in [3.63, 3.8) is 0 Å². The minimum absolute atomic E-state index is 0.0588. The fraction of sp³-hybridized carbons (Fsp3) is 0.136. The lowest BCUT2D eigenvalue weighted by atomic mass is 9.79. The molecule has 2 heterocycles. The van der Waals surface area contributed by atoms with E-state index in [9.17, 15) is 14.7 Å². The molecule has 1 spiro atoms. The summed E-state index contributed by atoms with van der Waals surface area (Å²) in [5, 5.41) is 9.86. The fourth-order valence-corrected chi connectivity index (χ4v) is 4.56. The summed E-state index contributed by atoms with van der Waals surface area (Å²) in [5.41, 5.74) is 3.01. The second-order valence-electron chi connectivity index (χ2n) is 7.21. The van der Waals surface area contributed by atoms with Gasteiger partial charge in [0.2, 0.25) is 5.91 Å². The smallest absolute Gasteiger partial charge is 0.335 e. The molecule has 1 N–H and O–H groups in total. The van der Waals surface area contributed by atoms with Gasteiger partial charge in [-0.2, -0.15) is 0 Å². The number of amides is 1. The molecule has 5 rings (SSSR count). The molecule has 1 atom stereocenters. The highest BCUT2D eigenvalue weighted by Gasteiger charge is 2.54. The first-order valence-corrected chi connectivity index (χ1v) is 9.28. The van der Waals surface area contributed by atoms with Gasteiger partial charge in [-0.1, -0.05) is 29.8 Å². The van der Waals surface area contributed by atoms with Crippen LogP contribution in [-0.2, 0) is 23.1 Å². The maximum atomic E-state index is 13.7. The molecule has 0 saturated carbocycles. The minimum atomic E-state index is -0.969. The molecule has 6 heteroatoms. The Labute approximate surface area is 166 Å². The summed E-state index contributed by atoms with van der Waals surface area (Å²) in [6, 6.07) is 16.0. The number of pyridine rings is 1. The zero-order valence-corrected chi connectivity index (χ0v) is 15.5. The summed E-state index contributed by atoms with van der Waals surface area (Å²) < 4.78 is 0. The maximum Gasteiger partial charge on any atom is 0.335 e. The Hall–Kier alpha value is -3.18. The summed E-state index contributed by atoms with van der Waals surface area (Å²) >= 11 is 6.24. The van der Waals surface area contributed by atoms with E-state index in [1.807, 2.05) is 18.2 Å². The number of aromatic carboxylic acids is 1. The highest BCUT2D eigenvalue weighted by Crippen LogP contribution is 2.52. The van der Waals surface area contributed by atoms with Gasteiger partial charge in [-0.15, -0.1) is 0 Å². The average molecular weight is 391 g/mol. The Morgan fingerprint density at radius 2 is 1.89 bits per heavy atom. The van der Waals surface area contributed by atoms with Crippen LogP contribution in [0, 0.1) is 0 Å². The number of carboxylic acids is 1. The SMILES string of the molecule is O=C(O)c1ccc2c(c1)CC1(C2)C(=O)N(c2ccccn2)c2cc(Cl)ccc21. The van der Waals surface area contributed by atoms with Crippen molar-refractivity contribution in [1.82, 2.24) is 4.98 Å². The summed E-state index contributed by atoms with van der Waals surface area (Å²) in [6.07, 6.45) is 2.64. The lowest BCUT2D eigenvalue weighted by Crippen LogP contribution is -2.39. The minimum Gasteiger partial charge on any atom is -0.478 e. The molecule has 0 fully saturated rings. The van der Waals surface area contributed by atoms with E-state index in [0.29, 0.717) is 23.7 Å². The van der Waals surface area contributed by atoms with Crippen LogP contribution < -0.4 is 4.90 Å². The molecule has 2 aliphatic rings. The first kappa shape index (κ1) is 17.0. The largest absolute Gasteiger partial charge is 0.478 e. The van der Waals surface area contributed by atoms with Crippen LogP contribution in [0.1, 0.15) is 27.0 Å². The molecule has 5 nitrogen and oxygen atoms in total. The molecule has 1 amide bonds. The van der Waals surface area contributed by atoms with Crippen molar-refractivity contribution < 1.29 is 14.7 Å². The van der Waals surface area contributed by atoms with E-state index < -0.39 is 11.4 Å². The number of carbonyl (C=O) groups excluding carboxylic acids is 1. The highest BCUT2D eigenvalue weighted by atomic mass is 35.5. The van der Waals surface area contributed by atoms with Gasteiger partial charge in [-0.25, -0.2) is 9.78 Å². The molecule has 0 radical (unpaired) electrons. The molecular weight excluding hydrogens is 376 g/mol. The molecule has 0 bridgehead atoms. The van der Waals surface area contributed by atoms with Crippen molar-refractivity contribution in [1.29, 1.82) is 0 Å². The molecule has 138 valence electrons. The Balaban J connectivity index is 1.67. The van der Waals surface area contributed by atoms with Crippen molar-refractivity contribution in [3.8, 4) is 0 Å². The molecule has 1 aromatic heterocycles. The van der Waals surface area contributed by atoms with Gasteiger partial charge in [0, 0.05) is 11.2 Å². The molecule has 1 unspecified atom stereocenters. The van der Waals surface area contributed by atoms with Gasteiger partial charge >= 0.3 is 5.97 Å². The van der Waals surface area contributed by atoms with Gasteiger partial charge in [0.25, 0.3) is 0 Å². The second kappa shape index (κ2) is 5.91. The van der Waals surface area contributed by atoms with Crippen LogP contribution in [0.3, 0.4) is 0 Å². The standard InChI is InChI=1S/C22H15ClN2O3/c23-16-6-7-17-18(10-16)25(19-3-1-2-8-24-19)21(28)22(17)11-14-5-4-13(20(26)27)9-15(14)12-22/h1-10H,11-12H2,(H,26,27). The summed E-state index contributed by atoms with van der Waals surface area (Å²) in [4.78, 5) is 31.1. The van der Waals surface area contributed by atoms with Crippen molar-refractivity contribution in [2.24, 2.45) is 0 Å². The topological polar surface area (TPSA) is 70.5 Å². The molecule has 1 aliphatic heterocycles. The number of nitrogens with zero attached hydrogens (tertiary/aromatic N) is 2. The van der Waals surface area contributed by atoms with Crippen LogP contribution >= 0.6 is 11.6 Å². The number of benzene rings is 2. The third kappa shape index (κ3) is 2.29. The monoisotopic (exact) mass is 390 g/mol. The lowest BCUT2D eigenvalue weighted by molar-refractivity contribution is -0.122. The van der Waals surface area contributed by atoms with Crippen molar-refractivity contribution in [2.75, 3.05) is 4.90 Å². The van der Waals surface area contributed by atoms with Gasteiger partial charge in [-0.3, -0.25) is 9.69 Å². The van der Waals surface area contributed by atoms with Crippen molar-refractivity contribution in [2.45, 2.75) is 18.3 Å². The summed E-state index contributed by atoms with van der Waals surface area (Å²) in [6.45, 7) is 0. The molecule has 1 aliphatic carbocycles. The van der Waals surface area contributed by atoms with Gasteiger partial charge in [-0.05, 0) is 65.9 Å². The number of fused-ring (bicyclic) bond motifs is 3. The summed E-state index contributed by atoms with van der Waals surface area (Å²) in [5.74, 6) is -0.476. The molecule has 3 aromatic rings. The number of hydrogen-bond acceptors (Lipinski definition) is 3. The van der Waals surface area contributed by atoms with Gasteiger partial charge < -0.3 is 5.11 Å². The lowest BCUT2D eigenvalue weighted by Gasteiger charge is -2.23. The first-order chi connectivity index (χ1) is 13.5. The predicted octanol–water partition coefficient (Wildman–Crippen LogP) is 4.15. The Morgan fingerprint density at radius 3 is 2.64 bits per heavy atom. The van der Waals surface area contributed by atoms with Crippen LogP contribution in [0.5, 0.6) is 0 Å². The van der Waals surface area contributed by atoms with Gasteiger partial charge in [0.05, 0.1) is 16.7 Å². The molecule has 0 saturated heterocycles. The van der Waals surface area contributed by atoms with Crippen molar-refractivity contribution in [3.05, 3.63) is 88.1 Å². The number of halogens is 1. The maximum absolute atomic E-state index is 13.7. The molecule has 2 aromatic carbocycles. The van der Waals surface area contributed by atoms with Crippen LogP contribution in [0.25, 0.3) is 0 Å². The van der Waals surface area contributed by atoms with Crippen molar-refractivity contribution >= 4 is 35.0 Å². The summed E-state index contributed by atoms with van der Waals surface area (Å²) in [7, 11) is 0. The van der Waals surface area contributed by atoms with E-state index in [1.54, 1.807) is 47.5 Å². The second-order valence-corrected chi connectivity index (χ2v) is 7.65. The number of aromatic nitrogens is 1. The van der Waals surface area contributed by atoms with Crippen LogP contribution in [0.2, 0.25) is 5.02 Å². The van der Waals surface area contributed by atoms with E-state index in [0.717, 1.165) is 22.4 Å². The number of carbonyl (C=O) groups is 2. The number of carboxylic acid groups (broad SMARTS) is 1. The van der Waals surface area contributed by atoms with E-state index in [2.05, 4.69) is 4.98 Å². The third-order valence-electron chi connectivity index (χ3n) is 5.64. The third-order valence-corrected chi connectivity index (χ3v) is 5.88.